The molecule has 21 heavy (non-hydrogen) atoms. The van der Waals surface area contributed by atoms with Gasteiger partial charge in [-0.05, 0) is 56.8 Å². The maximum absolute atomic E-state index is 10.6. The number of rotatable bonds is 7. The van der Waals surface area contributed by atoms with Gasteiger partial charge in [0.15, 0.2) is 0 Å². The molecule has 2 fully saturated rings. The molecule has 122 valence electrons. The molecule has 2 nitrogen and oxygen atoms in total. The molecule has 2 atom stereocenters. The Morgan fingerprint density at radius 1 is 1.05 bits per heavy atom. The molecule has 2 heteroatoms. The summed E-state index contributed by atoms with van der Waals surface area (Å²) in [5.41, 5.74) is -0.435. The van der Waals surface area contributed by atoms with Crippen LogP contribution < -0.4 is 0 Å². The molecular formula is C19H34O2. The van der Waals surface area contributed by atoms with Gasteiger partial charge < -0.3 is 10.2 Å². The molecule has 2 unspecified atom stereocenters. The molecule has 2 aliphatic rings. The predicted octanol–water partition coefficient (Wildman–Crippen LogP) is 4.60. The van der Waals surface area contributed by atoms with Crippen LogP contribution in [0, 0.1) is 11.8 Å². The Hall–Kier alpha value is -0.340. The van der Waals surface area contributed by atoms with Crippen LogP contribution in [0.3, 0.4) is 0 Å². The minimum absolute atomic E-state index is 0.172. The molecule has 0 bridgehead atoms. The lowest BCUT2D eigenvalue weighted by Gasteiger charge is -2.34. The number of aliphatic hydroxyl groups is 2. The molecule has 2 rings (SSSR count). The Bertz CT molecular complexity index is 301. The van der Waals surface area contributed by atoms with Crippen molar-refractivity contribution in [2.24, 2.45) is 11.8 Å². The lowest BCUT2D eigenvalue weighted by atomic mass is 9.77. The van der Waals surface area contributed by atoms with Crippen molar-refractivity contribution in [1.29, 1.82) is 0 Å². The van der Waals surface area contributed by atoms with Crippen molar-refractivity contribution in [3.63, 3.8) is 0 Å². The lowest BCUT2D eigenvalue weighted by molar-refractivity contribution is -0.0104. The Morgan fingerprint density at radius 2 is 1.67 bits per heavy atom. The van der Waals surface area contributed by atoms with Crippen LogP contribution >= 0.6 is 0 Å². The van der Waals surface area contributed by atoms with Gasteiger partial charge in [0.25, 0.3) is 0 Å². The lowest BCUT2D eigenvalue weighted by Crippen LogP contribution is -2.32. The molecule has 2 saturated carbocycles. The third-order valence-electron chi connectivity index (χ3n) is 5.84. The van der Waals surface area contributed by atoms with Crippen molar-refractivity contribution in [2.45, 2.75) is 95.2 Å². The van der Waals surface area contributed by atoms with E-state index < -0.39 is 5.60 Å². The fourth-order valence-electron chi connectivity index (χ4n) is 4.27. The maximum atomic E-state index is 10.6. The fourth-order valence-corrected chi connectivity index (χ4v) is 4.27. The molecule has 2 aliphatic carbocycles. The van der Waals surface area contributed by atoms with Crippen molar-refractivity contribution >= 4 is 0 Å². The first-order chi connectivity index (χ1) is 10.1. The predicted molar refractivity (Wildman–Crippen MR) is 88.2 cm³/mol. The van der Waals surface area contributed by atoms with Crippen LogP contribution in [0.5, 0.6) is 0 Å². The zero-order valence-electron chi connectivity index (χ0n) is 13.6. The molecule has 0 spiro atoms. The third-order valence-corrected chi connectivity index (χ3v) is 5.84. The van der Waals surface area contributed by atoms with Gasteiger partial charge in [-0.25, -0.2) is 0 Å². The van der Waals surface area contributed by atoms with Crippen molar-refractivity contribution in [3.8, 4) is 0 Å². The molecule has 0 aromatic heterocycles. The van der Waals surface area contributed by atoms with Crippen LogP contribution in [0.4, 0.5) is 0 Å². The van der Waals surface area contributed by atoms with Crippen LogP contribution in [0.1, 0.15) is 83.5 Å². The number of hydrogen-bond acceptors (Lipinski definition) is 2. The molecule has 0 aliphatic heterocycles. The van der Waals surface area contributed by atoms with Gasteiger partial charge in [0.2, 0.25) is 0 Å². The van der Waals surface area contributed by atoms with Gasteiger partial charge in [0, 0.05) is 0 Å². The second-order valence-electron chi connectivity index (χ2n) is 7.52. The number of aliphatic hydroxyl groups excluding tert-OH is 1. The van der Waals surface area contributed by atoms with E-state index >= 15 is 0 Å². The van der Waals surface area contributed by atoms with Crippen LogP contribution in [-0.2, 0) is 0 Å². The van der Waals surface area contributed by atoms with Gasteiger partial charge >= 0.3 is 0 Å². The molecule has 0 radical (unpaired) electrons. The summed E-state index contributed by atoms with van der Waals surface area (Å²) >= 11 is 0. The minimum atomic E-state index is -0.435. The standard InChI is InChI=1S/C19H34O2/c1-2-16(11-14-19(21)12-7-4-8-13-19)15-18(20)17-9-5-3-6-10-17/h2,16-18,20-21H,1,3-15H2. The van der Waals surface area contributed by atoms with Gasteiger partial charge in [0.1, 0.15) is 0 Å². The zero-order chi connectivity index (χ0) is 15.1. The molecule has 0 amide bonds. The summed E-state index contributed by atoms with van der Waals surface area (Å²) in [5, 5.41) is 21.1. The second kappa shape index (κ2) is 8.33. The molecule has 0 saturated heterocycles. The SMILES string of the molecule is C=CC(CCC1(O)CCCCC1)CC(O)C1CCCCC1. The van der Waals surface area contributed by atoms with E-state index in [1.807, 2.05) is 6.08 Å². The molecule has 0 aromatic carbocycles. The van der Waals surface area contributed by atoms with Gasteiger partial charge in [-0.15, -0.1) is 6.58 Å². The average Bonchev–Trinajstić information content (AvgIpc) is 2.53. The molecule has 2 N–H and O–H groups in total. The van der Waals surface area contributed by atoms with E-state index in [0.29, 0.717) is 11.8 Å². The summed E-state index contributed by atoms with van der Waals surface area (Å²) in [7, 11) is 0. The average molecular weight is 294 g/mol. The number of allylic oxidation sites excluding steroid dienone is 1. The van der Waals surface area contributed by atoms with E-state index in [0.717, 1.165) is 32.1 Å². The summed E-state index contributed by atoms with van der Waals surface area (Å²) in [5.74, 6) is 0.854. The topological polar surface area (TPSA) is 40.5 Å². The van der Waals surface area contributed by atoms with E-state index in [2.05, 4.69) is 6.58 Å². The Morgan fingerprint density at radius 3 is 2.29 bits per heavy atom. The highest BCUT2D eigenvalue weighted by Crippen LogP contribution is 2.35. The van der Waals surface area contributed by atoms with Crippen molar-refractivity contribution in [3.05, 3.63) is 12.7 Å². The van der Waals surface area contributed by atoms with E-state index in [1.54, 1.807) is 0 Å². The monoisotopic (exact) mass is 294 g/mol. The van der Waals surface area contributed by atoms with E-state index in [-0.39, 0.29) is 6.10 Å². The first kappa shape index (κ1) is 17.0. The highest BCUT2D eigenvalue weighted by Gasteiger charge is 2.30. The summed E-state index contributed by atoms with van der Waals surface area (Å²) in [6.07, 6.45) is 16.3. The van der Waals surface area contributed by atoms with Gasteiger partial charge in [-0.1, -0.05) is 44.6 Å². The fraction of sp³-hybridized carbons (Fsp3) is 0.895. The smallest absolute Gasteiger partial charge is 0.0648 e. The quantitative estimate of drug-likeness (QED) is 0.674. The van der Waals surface area contributed by atoms with E-state index in [9.17, 15) is 10.2 Å². The Balaban J connectivity index is 1.75. The normalized spacial score (nSPS) is 26.2. The van der Waals surface area contributed by atoms with E-state index in [1.165, 1.54) is 51.4 Å². The maximum Gasteiger partial charge on any atom is 0.0648 e. The van der Waals surface area contributed by atoms with Gasteiger partial charge in [-0.3, -0.25) is 0 Å². The zero-order valence-corrected chi connectivity index (χ0v) is 13.6. The summed E-state index contributed by atoms with van der Waals surface area (Å²) in [6.45, 7) is 3.95. The van der Waals surface area contributed by atoms with Gasteiger partial charge in [0.05, 0.1) is 11.7 Å². The first-order valence-corrected chi connectivity index (χ1v) is 9.16. The molecule has 0 aromatic rings. The minimum Gasteiger partial charge on any atom is -0.393 e. The van der Waals surface area contributed by atoms with Crippen LogP contribution in [0.25, 0.3) is 0 Å². The third kappa shape index (κ3) is 5.41. The van der Waals surface area contributed by atoms with Crippen LogP contribution in [0.15, 0.2) is 12.7 Å². The Kier molecular flexibility index (Phi) is 6.75. The van der Waals surface area contributed by atoms with Crippen molar-refractivity contribution in [2.75, 3.05) is 0 Å². The van der Waals surface area contributed by atoms with Crippen molar-refractivity contribution in [1.82, 2.24) is 0 Å². The Labute approximate surface area is 130 Å². The molecule has 0 heterocycles. The highest BCUT2D eigenvalue weighted by atomic mass is 16.3. The molecular weight excluding hydrogens is 260 g/mol. The summed E-state index contributed by atoms with van der Waals surface area (Å²) in [4.78, 5) is 0. The van der Waals surface area contributed by atoms with E-state index in [4.69, 9.17) is 0 Å². The van der Waals surface area contributed by atoms with Crippen molar-refractivity contribution < 1.29 is 10.2 Å². The summed E-state index contributed by atoms with van der Waals surface area (Å²) in [6, 6.07) is 0. The first-order valence-electron chi connectivity index (χ1n) is 9.16. The van der Waals surface area contributed by atoms with Crippen LogP contribution in [-0.4, -0.2) is 21.9 Å². The summed E-state index contributed by atoms with van der Waals surface area (Å²) < 4.78 is 0. The second-order valence-corrected chi connectivity index (χ2v) is 7.52. The largest absolute Gasteiger partial charge is 0.393 e. The number of hydrogen-bond donors (Lipinski definition) is 2. The highest BCUT2D eigenvalue weighted by molar-refractivity contribution is 4.88. The van der Waals surface area contributed by atoms with Gasteiger partial charge in [-0.2, -0.15) is 0 Å². The van der Waals surface area contributed by atoms with Crippen LogP contribution in [0.2, 0.25) is 0 Å².